The fourth-order valence-electron chi connectivity index (χ4n) is 5.64. The van der Waals surface area contributed by atoms with Crippen molar-refractivity contribution in [2.24, 2.45) is 10.8 Å². The Labute approximate surface area is 230 Å². The molecule has 10 nitrogen and oxygen atoms in total. The first kappa shape index (κ1) is 32.0. The number of hydrogen-bond donors (Lipinski definition) is 1. The average Bonchev–Trinajstić information content (AvgIpc) is 2.90. The third-order valence-corrected chi connectivity index (χ3v) is 7.50. The van der Waals surface area contributed by atoms with Gasteiger partial charge < -0.3 is 24.3 Å². The van der Waals surface area contributed by atoms with Crippen LogP contribution >= 0.6 is 0 Å². The van der Waals surface area contributed by atoms with Gasteiger partial charge in [0.25, 0.3) is 0 Å². The molecular formula is C29H43NO9. The molecule has 0 atom stereocenters. The van der Waals surface area contributed by atoms with Gasteiger partial charge in [-0.1, -0.05) is 32.8 Å². The highest BCUT2D eigenvalue weighted by Gasteiger charge is 2.75. The van der Waals surface area contributed by atoms with E-state index in [1.807, 2.05) is 0 Å². The number of amides is 1. The Bertz CT molecular complexity index is 955. The van der Waals surface area contributed by atoms with Gasteiger partial charge in [-0.05, 0) is 58.1 Å². The molecule has 0 spiro atoms. The van der Waals surface area contributed by atoms with Crippen molar-refractivity contribution in [2.75, 3.05) is 26.4 Å². The number of carbonyl (C=O) groups is 5. The molecule has 218 valence electrons. The predicted molar refractivity (Wildman–Crippen MR) is 142 cm³/mol. The molecular weight excluding hydrogens is 506 g/mol. The van der Waals surface area contributed by atoms with Crippen LogP contribution in [-0.4, -0.2) is 62.3 Å². The van der Waals surface area contributed by atoms with E-state index in [-0.39, 0.29) is 50.4 Å². The van der Waals surface area contributed by atoms with E-state index in [0.29, 0.717) is 11.1 Å². The third-order valence-electron chi connectivity index (χ3n) is 7.50. The van der Waals surface area contributed by atoms with Crippen molar-refractivity contribution in [3.63, 3.8) is 0 Å². The Balaban J connectivity index is 2.84. The van der Waals surface area contributed by atoms with Crippen LogP contribution < -0.4 is 5.32 Å². The van der Waals surface area contributed by atoms with Gasteiger partial charge in [0, 0.05) is 24.5 Å². The minimum atomic E-state index is -2.50. The van der Waals surface area contributed by atoms with E-state index < -0.39 is 47.5 Å². The number of rotatable bonds is 11. The number of esters is 4. The Morgan fingerprint density at radius 3 is 1.51 bits per heavy atom. The van der Waals surface area contributed by atoms with Crippen molar-refractivity contribution in [1.82, 2.24) is 5.32 Å². The topological polar surface area (TPSA) is 134 Å². The van der Waals surface area contributed by atoms with Crippen molar-refractivity contribution >= 4 is 29.8 Å². The van der Waals surface area contributed by atoms with Gasteiger partial charge in [-0.15, -0.1) is 0 Å². The normalized spacial score (nSPS) is 19.9. The van der Waals surface area contributed by atoms with Crippen molar-refractivity contribution in [2.45, 2.75) is 92.0 Å². The molecule has 39 heavy (non-hydrogen) atoms. The summed E-state index contributed by atoms with van der Waals surface area (Å²) in [6.07, 6.45) is 4.15. The summed E-state index contributed by atoms with van der Waals surface area (Å²) >= 11 is 0. The second kappa shape index (κ2) is 14.3. The number of carbonyl (C=O) groups excluding carboxylic acids is 5. The largest absolute Gasteiger partial charge is 0.465 e. The number of allylic oxidation sites excluding steroid dienone is 2. The maximum Gasteiger partial charge on any atom is 0.325 e. The van der Waals surface area contributed by atoms with E-state index in [4.69, 9.17) is 18.9 Å². The van der Waals surface area contributed by atoms with Crippen LogP contribution in [0.5, 0.6) is 0 Å². The van der Waals surface area contributed by atoms with Gasteiger partial charge in [0.05, 0.1) is 26.4 Å². The summed E-state index contributed by atoms with van der Waals surface area (Å²) in [4.78, 5) is 68.5. The molecule has 2 aliphatic carbocycles. The monoisotopic (exact) mass is 549 g/mol. The van der Waals surface area contributed by atoms with E-state index >= 15 is 0 Å². The summed E-state index contributed by atoms with van der Waals surface area (Å²) < 4.78 is 21.3. The van der Waals surface area contributed by atoms with Gasteiger partial charge in [0.15, 0.2) is 10.8 Å². The highest BCUT2D eigenvalue weighted by molar-refractivity contribution is 6.16. The minimum Gasteiger partial charge on any atom is -0.465 e. The molecule has 0 saturated heterocycles. The standard InChI is InChI=1S/C29H43NO9/c1-7-21(23(31)30-20-15-13-12-14-16-20)22-18-29(26(34)38-10-4,27(35)39-11-5)28(17-19(22)6,24(32)36-8-2)25(33)37-9-3/h20H,6-18H2,1-5H3,(H,30,31)/b22-21+. The van der Waals surface area contributed by atoms with E-state index in [1.165, 1.54) is 0 Å². The third kappa shape index (κ3) is 6.20. The van der Waals surface area contributed by atoms with Crippen molar-refractivity contribution in [3.8, 4) is 0 Å². The first-order chi connectivity index (χ1) is 18.6. The van der Waals surface area contributed by atoms with Gasteiger partial charge in [-0.2, -0.15) is 0 Å². The van der Waals surface area contributed by atoms with Gasteiger partial charge in [0.2, 0.25) is 5.91 Å². The summed E-state index contributed by atoms with van der Waals surface area (Å²) in [7, 11) is 0. The Hall–Kier alpha value is -3.17. The molecule has 2 fully saturated rings. The van der Waals surface area contributed by atoms with Crippen LogP contribution in [0.2, 0.25) is 0 Å². The van der Waals surface area contributed by atoms with Crippen molar-refractivity contribution in [3.05, 3.63) is 23.3 Å². The van der Waals surface area contributed by atoms with Crippen LogP contribution in [0, 0.1) is 10.8 Å². The van der Waals surface area contributed by atoms with Crippen molar-refractivity contribution in [1.29, 1.82) is 0 Å². The summed E-state index contributed by atoms with van der Waals surface area (Å²) in [6, 6.07) is 0.0169. The zero-order valence-corrected chi connectivity index (χ0v) is 23.9. The Morgan fingerprint density at radius 1 is 0.718 bits per heavy atom. The van der Waals surface area contributed by atoms with E-state index in [9.17, 15) is 24.0 Å². The molecule has 1 N–H and O–H groups in total. The molecule has 0 aromatic carbocycles. The Kier molecular flexibility index (Phi) is 11.7. The van der Waals surface area contributed by atoms with Gasteiger partial charge in [-0.3, -0.25) is 24.0 Å². The van der Waals surface area contributed by atoms with E-state index in [1.54, 1.807) is 34.6 Å². The van der Waals surface area contributed by atoms with Crippen LogP contribution in [0.15, 0.2) is 23.3 Å². The lowest BCUT2D eigenvalue weighted by atomic mass is 9.52. The number of ether oxygens (including phenoxy) is 4. The van der Waals surface area contributed by atoms with Gasteiger partial charge in [-0.25, -0.2) is 0 Å². The fraction of sp³-hybridized carbons (Fsp3) is 0.690. The highest BCUT2D eigenvalue weighted by Crippen LogP contribution is 2.58. The molecule has 0 aliphatic heterocycles. The second-order valence-corrected chi connectivity index (χ2v) is 9.77. The molecule has 2 saturated carbocycles. The fourth-order valence-corrected chi connectivity index (χ4v) is 5.64. The summed E-state index contributed by atoms with van der Waals surface area (Å²) in [5.74, 6) is -4.82. The molecule has 0 bridgehead atoms. The molecule has 10 heteroatoms. The van der Waals surface area contributed by atoms with Gasteiger partial charge in [0.1, 0.15) is 0 Å². The molecule has 0 heterocycles. The van der Waals surface area contributed by atoms with Crippen LogP contribution in [0.25, 0.3) is 0 Å². The molecule has 0 radical (unpaired) electrons. The Morgan fingerprint density at radius 2 is 1.13 bits per heavy atom. The van der Waals surface area contributed by atoms with E-state index in [2.05, 4.69) is 11.9 Å². The highest BCUT2D eigenvalue weighted by atomic mass is 16.6. The lowest BCUT2D eigenvalue weighted by Crippen LogP contribution is -2.65. The van der Waals surface area contributed by atoms with Crippen LogP contribution in [0.4, 0.5) is 0 Å². The first-order valence-electron chi connectivity index (χ1n) is 14.0. The lowest BCUT2D eigenvalue weighted by Gasteiger charge is -2.47. The summed E-state index contributed by atoms with van der Waals surface area (Å²) in [5.41, 5.74) is -4.06. The zero-order chi connectivity index (χ0) is 29.2. The molecule has 0 aromatic heterocycles. The lowest BCUT2D eigenvalue weighted by molar-refractivity contribution is -0.204. The number of nitrogens with one attached hydrogen (secondary N) is 1. The SMILES string of the molecule is C=C1CC(C(=O)OCC)(C(=O)OCC)C(C(=O)OCC)(C(=O)OCC)C/C1=C(/CC)C(=O)NC1CCCCC1. The predicted octanol–water partition coefficient (Wildman–Crippen LogP) is 3.72. The maximum atomic E-state index is 13.8. The smallest absolute Gasteiger partial charge is 0.325 e. The quantitative estimate of drug-likeness (QED) is 0.177. The zero-order valence-electron chi connectivity index (χ0n) is 23.9. The van der Waals surface area contributed by atoms with E-state index in [0.717, 1.165) is 32.1 Å². The van der Waals surface area contributed by atoms with Crippen molar-refractivity contribution < 1.29 is 42.9 Å². The molecule has 0 unspecified atom stereocenters. The second-order valence-electron chi connectivity index (χ2n) is 9.77. The minimum absolute atomic E-state index is 0.0169. The molecule has 2 rings (SSSR count). The maximum absolute atomic E-state index is 13.8. The molecule has 0 aromatic rings. The first-order valence-corrected chi connectivity index (χ1v) is 14.0. The number of hydrogen-bond acceptors (Lipinski definition) is 9. The summed E-state index contributed by atoms with van der Waals surface area (Å²) in [6.45, 7) is 11.5. The summed E-state index contributed by atoms with van der Waals surface area (Å²) in [5, 5.41) is 3.08. The van der Waals surface area contributed by atoms with Crippen LogP contribution in [0.1, 0.15) is 86.0 Å². The molecule has 1 amide bonds. The average molecular weight is 550 g/mol. The van der Waals surface area contributed by atoms with Gasteiger partial charge >= 0.3 is 23.9 Å². The van der Waals surface area contributed by atoms with Crippen LogP contribution in [0.3, 0.4) is 0 Å². The molecule has 2 aliphatic rings. The van der Waals surface area contributed by atoms with Crippen LogP contribution in [-0.2, 0) is 42.9 Å².